The molecule has 0 spiro atoms. The lowest BCUT2D eigenvalue weighted by molar-refractivity contribution is -0.151. The van der Waals surface area contributed by atoms with Crippen molar-refractivity contribution in [3.8, 4) is 0 Å². The molecule has 0 radical (unpaired) electrons. The van der Waals surface area contributed by atoms with Crippen LogP contribution in [0.25, 0.3) is 0 Å². The topological polar surface area (TPSA) is 67.6 Å². The molecule has 1 heterocycles. The van der Waals surface area contributed by atoms with Gasteiger partial charge in [-0.2, -0.15) is 0 Å². The Bertz CT molecular complexity index is 395. The van der Waals surface area contributed by atoms with E-state index in [4.69, 9.17) is 5.84 Å². The zero-order chi connectivity index (χ0) is 12.1. The van der Waals surface area contributed by atoms with E-state index in [1.54, 1.807) is 0 Å². The Labute approximate surface area is 100 Å². The number of carbonyl (C=O) groups excluding carboxylic acids is 1. The van der Waals surface area contributed by atoms with Crippen molar-refractivity contribution >= 4 is 5.97 Å². The van der Waals surface area contributed by atoms with Crippen molar-refractivity contribution in [1.82, 2.24) is 10.5 Å². The first-order valence-corrected chi connectivity index (χ1v) is 5.74. The molecule has 5 nitrogen and oxygen atoms in total. The summed E-state index contributed by atoms with van der Waals surface area (Å²) in [5, 5.41) is 0. The summed E-state index contributed by atoms with van der Waals surface area (Å²) < 4.78 is 0. The van der Waals surface area contributed by atoms with E-state index in [9.17, 15) is 4.79 Å². The number of nitrogens with one attached hydrogen (secondary N) is 1. The molecule has 1 aliphatic heterocycles. The van der Waals surface area contributed by atoms with Crippen LogP contribution in [0, 0.1) is 0 Å². The first-order valence-electron chi connectivity index (χ1n) is 5.74. The molecule has 17 heavy (non-hydrogen) atoms. The SMILES string of the molecule is NNOC(=O)CCN1CCc2ccccc2C1. The van der Waals surface area contributed by atoms with E-state index in [2.05, 4.69) is 34.0 Å². The minimum absolute atomic E-state index is 0.327. The molecule has 0 saturated heterocycles. The van der Waals surface area contributed by atoms with E-state index in [0.29, 0.717) is 13.0 Å². The van der Waals surface area contributed by atoms with Crippen molar-refractivity contribution in [2.75, 3.05) is 13.1 Å². The maximum absolute atomic E-state index is 11.1. The van der Waals surface area contributed by atoms with Crippen LogP contribution in [0.15, 0.2) is 24.3 Å². The van der Waals surface area contributed by atoms with Crippen molar-refractivity contribution in [2.45, 2.75) is 19.4 Å². The standard InChI is InChI=1S/C12H17N3O2/c13-14-17-12(16)6-8-15-7-5-10-3-1-2-4-11(10)9-15/h1-4,14H,5-9,13H2. The van der Waals surface area contributed by atoms with Crippen molar-refractivity contribution < 1.29 is 9.63 Å². The number of hydrazine groups is 1. The average Bonchev–Trinajstić information content (AvgIpc) is 2.36. The minimum atomic E-state index is -0.327. The van der Waals surface area contributed by atoms with E-state index in [-0.39, 0.29) is 5.97 Å². The highest BCUT2D eigenvalue weighted by molar-refractivity contribution is 5.69. The summed E-state index contributed by atoms with van der Waals surface area (Å²) in [7, 11) is 0. The first-order chi connectivity index (χ1) is 8.29. The smallest absolute Gasteiger partial charge is 0.327 e. The van der Waals surface area contributed by atoms with Crippen LogP contribution in [0.2, 0.25) is 0 Å². The summed E-state index contributed by atoms with van der Waals surface area (Å²) >= 11 is 0. The van der Waals surface area contributed by atoms with Crippen LogP contribution >= 0.6 is 0 Å². The fourth-order valence-corrected chi connectivity index (χ4v) is 2.11. The van der Waals surface area contributed by atoms with Crippen LogP contribution in [0.3, 0.4) is 0 Å². The molecule has 1 aliphatic rings. The molecule has 3 N–H and O–H groups in total. The van der Waals surface area contributed by atoms with Crippen molar-refractivity contribution in [1.29, 1.82) is 0 Å². The Morgan fingerprint density at radius 2 is 2.18 bits per heavy atom. The summed E-state index contributed by atoms with van der Waals surface area (Å²) in [6.45, 7) is 2.59. The second-order valence-corrected chi connectivity index (χ2v) is 4.14. The molecule has 0 unspecified atom stereocenters. The normalized spacial score (nSPS) is 15.4. The third-order valence-corrected chi connectivity index (χ3v) is 3.01. The Morgan fingerprint density at radius 1 is 1.41 bits per heavy atom. The highest BCUT2D eigenvalue weighted by Gasteiger charge is 2.16. The first kappa shape index (κ1) is 12.0. The molecule has 1 aromatic carbocycles. The molecular weight excluding hydrogens is 218 g/mol. The van der Waals surface area contributed by atoms with Gasteiger partial charge in [-0.25, -0.2) is 5.84 Å². The number of fused-ring (bicyclic) bond motifs is 1. The lowest BCUT2D eigenvalue weighted by Crippen LogP contribution is -2.34. The second kappa shape index (κ2) is 5.77. The van der Waals surface area contributed by atoms with Gasteiger partial charge in [0.2, 0.25) is 0 Å². The predicted octanol–water partition coefficient (Wildman–Crippen LogP) is 0.356. The van der Waals surface area contributed by atoms with Gasteiger partial charge in [0.25, 0.3) is 0 Å². The largest absolute Gasteiger partial charge is 0.356 e. The molecule has 0 aliphatic carbocycles. The van der Waals surface area contributed by atoms with Crippen LogP contribution in [-0.4, -0.2) is 24.0 Å². The summed E-state index contributed by atoms with van der Waals surface area (Å²) in [5.74, 6) is 4.57. The molecule has 92 valence electrons. The summed E-state index contributed by atoms with van der Waals surface area (Å²) in [4.78, 5) is 17.9. The minimum Gasteiger partial charge on any atom is -0.356 e. The second-order valence-electron chi connectivity index (χ2n) is 4.14. The average molecular weight is 235 g/mol. The number of nitrogens with two attached hydrogens (primary N) is 1. The highest BCUT2D eigenvalue weighted by atomic mass is 16.7. The Balaban J connectivity index is 1.84. The number of hydrogen-bond acceptors (Lipinski definition) is 5. The Hall–Kier alpha value is -1.43. The number of benzene rings is 1. The highest BCUT2D eigenvalue weighted by Crippen LogP contribution is 2.18. The van der Waals surface area contributed by atoms with E-state index in [1.807, 2.05) is 5.59 Å². The monoisotopic (exact) mass is 235 g/mol. The summed E-state index contributed by atoms with van der Waals surface area (Å²) in [5.41, 5.74) is 4.67. The van der Waals surface area contributed by atoms with Gasteiger partial charge in [-0.05, 0) is 17.5 Å². The molecule has 0 fully saturated rings. The molecule has 0 aromatic heterocycles. The maximum Gasteiger partial charge on any atom is 0.327 e. The van der Waals surface area contributed by atoms with Gasteiger partial charge in [0.05, 0.1) is 6.42 Å². The third kappa shape index (κ3) is 3.26. The van der Waals surface area contributed by atoms with Crippen LogP contribution in [0.5, 0.6) is 0 Å². The third-order valence-electron chi connectivity index (χ3n) is 3.01. The van der Waals surface area contributed by atoms with Gasteiger partial charge < -0.3 is 4.84 Å². The zero-order valence-electron chi connectivity index (χ0n) is 9.69. The van der Waals surface area contributed by atoms with Crippen LogP contribution < -0.4 is 11.4 Å². The Morgan fingerprint density at radius 3 is 2.94 bits per heavy atom. The number of hydrogen-bond donors (Lipinski definition) is 2. The number of nitrogens with zero attached hydrogens (tertiary/aromatic N) is 1. The van der Waals surface area contributed by atoms with E-state index < -0.39 is 0 Å². The van der Waals surface area contributed by atoms with Gasteiger partial charge in [-0.1, -0.05) is 29.9 Å². The molecule has 0 saturated carbocycles. The molecular formula is C12H17N3O2. The predicted molar refractivity (Wildman–Crippen MR) is 63.5 cm³/mol. The van der Waals surface area contributed by atoms with Gasteiger partial charge in [0, 0.05) is 19.6 Å². The molecule has 0 atom stereocenters. The van der Waals surface area contributed by atoms with Gasteiger partial charge in [0.15, 0.2) is 0 Å². The molecule has 5 heteroatoms. The van der Waals surface area contributed by atoms with Gasteiger partial charge in [-0.3, -0.25) is 9.69 Å². The molecule has 2 rings (SSSR count). The molecule has 0 bridgehead atoms. The summed E-state index contributed by atoms with van der Waals surface area (Å²) in [6, 6.07) is 8.42. The van der Waals surface area contributed by atoms with Crippen LogP contribution in [-0.2, 0) is 22.6 Å². The van der Waals surface area contributed by atoms with Gasteiger partial charge in [-0.15, -0.1) is 0 Å². The van der Waals surface area contributed by atoms with Gasteiger partial charge in [0.1, 0.15) is 0 Å². The van der Waals surface area contributed by atoms with Crippen molar-refractivity contribution in [3.63, 3.8) is 0 Å². The zero-order valence-corrected chi connectivity index (χ0v) is 9.69. The lowest BCUT2D eigenvalue weighted by atomic mass is 10.00. The van der Waals surface area contributed by atoms with Crippen LogP contribution in [0.4, 0.5) is 0 Å². The summed E-state index contributed by atoms with van der Waals surface area (Å²) in [6.07, 6.45) is 1.40. The fourth-order valence-electron chi connectivity index (χ4n) is 2.11. The number of rotatable bonds is 4. The van der Waals surface area contributed by atoms with E-state index >= 15 is 0 Å². The maximum atomic E-state index is 11.1. The van der Waals surface area contributed by atoms with Crippen LogP contribution in [0.1, 0.15) is 17.5 Å². The molecule has 0 amide bonds. The van der Waals surface area contributed by atoms with Gasteiger partial charge >= 0.3 is 5.97 Å². The van der Waals surface area contributed by atoms with E-state index in [1.165, 1.54) is 11.1 Å². The molecule has 1 aromatic rings. The lowest BCUT2D eigenvalue weighted by Gasteiger charge is -2.28. The number of carbonyl (C=O) groups is 1. The quantitative estimate of drug-likeness (QED) is 0.582. The Kier molecular flexibility index (Phi) is 4.08. The van der Waals surface area contributed by atoms with Crippen molar-refractivity contribution in [3.05, 3.63) is 35.4 Å². The van der Waals surface area contributed by atoms with Crippen molar-refractivity contribution in [2.24, 2.45) is 5.84 Å². The van der Waals surface area contributed by atoms with E-state index in [0.717, 1.165) is 19.5 Å². The fraction of sp³-hybridized carbons (Fsp3) is 0.417.